The standard InChI is InChI=1S/C10H10F3NO4S/c1-10(2,9(15)16)14-19(17,18)5-3-6(11)8(13)7(12)4-5/h3-4,14H,1-2H3,(H,15,16). The summed E-state index contributed by atoms with van der Waals surface area (Å²) in [7, 11) is -4.50. The molecule has 0 aromatic heterocycles. The molecule has 0 heterocycles. The van der Waals surface area contributed by atoms with Crippen molar-refractivity contribution in [1.29, 1.82) is 0 Å². The van der Waals surface area contributed by atoms with Gasteiger partial charge in [-0.3, -0.25) is 4.79 Å². The maximum absolute atomic E-state index is 12.9. The third kappa shape index (κ3) is 3.24. The summed E-state index contributed by atoms with van der Waals surface area (Å²) in [5.41, 5.74) is -1.89. The first-order valence-corrected chi connectivity index (χ1v) is 6.37. The zero-order chi connectivity index (χ0) is 15.0. The van der Waals surface area contributed by atoms with Gasteiger partial charge in [0.25, 0.3) is 0 Å². The van der Waals surface area contributed by atoms with Crippen LogP contribution in [0.2, 0.25) is 0 Å². The van der Waals surface area contributed by atoms with Crippen molar-refractivity contribution in [2.24, 2.45) is 0 Å². The van der Waals surface area contributed by atoms with Crippen molar-refractivity contribution in [3.8, 4) is 0 Å². The van der Waals surface area contributed by atoms with E-state index in [0.29, 0.717) is 0 Å². The van der Waals surface area contributed by atoms with Crippen LogP contribution in [-0.2, 0) is 14.8 Å². The Balaban J connectivity index is 3.26. The minimum Gasteiger partial charge on any atom is -0.480 e. The molecule has 0 saturated carbocycles. The van der Waals surface area contributed by atoms with E-state index in [4.69, 9.17) is 5.11 Å². The molecule has 1 rings (SSSR count). The fourth-order valence-electron chi connectivity index (χ4n) is 1.13. The Hall–Kier alpha value is -1.61. The molecule has 19 heavy (non-hydrogen) atoms. The minimum atomic E-state index is -4.50. The van der Waals surface area contributed by atoms with Gasteiger partial charge in [-0.15, -0.1) is 0 Å². The third-order valence-electron chi connectivity index (χ3n) is 2.19. The molecule has 0 atom stereocenters. The van der Waals surface area contributed by atoms with Crippen LogP contribution in [0.15, 0.2) is 17.0 Å². The molecule has 0 aliphatic carbocycles. The second-order valence-corrected chi connectivity index (χ2v) is 5.92. The lowest BCUT2D eigenvalue weighted by Gasteiger charge is -2.20. The van der Waals surface area contributed by atoms with Crippen LogP contribution in [0, 0.1) is 17.5 Å². The molecule has 0 aliphatic heterocycles. The number of hydrogen-bond donors (Lipinski definition) is 2. The SMILES string of the molecule is CC(C)(NS(=O)(=O)c1cc(F)c(F)c(F)c1)C(=O)O. The first kappa shape index (κ1) is 15.4. The van der Waals surface area contributed by atoms with E-state index in [-0.39, 0.29) is 12.1 Å². The second kappa shape index (κ2) is 4.82. The molecule has 0 aliphatic rings. The van der Waals surface area contributed by atoms with Crippen molar-refractivity contribution < 1.29 is 31.5 Å². The lowest BCUT2D eigenvalue weighted by Crippen LogP contribution is -2.49. The van der Waals surface area contributed by atoms with E-state index in [0.717, 1.165) is 13.8 Å². The van der Waals surface area contributed by atoms with Crippen molar-refractivity contribution in [1.82, 2.24) is 4.72 Å². The Morgan fingerprint density at radius 3 is 2.00 bits per heavy atom. The van der Waals surface area contributed by atoms with Crippen LogP contribution in [0.3, 0.4) is 0 Å². The van der Waals surface area contributed by atoms with Crippen molar-refractivity contribution in [2.75, 3.05) is 0 Å². The molecule has 2 N–H and O–H groups in total. The van der Waals surface area contributed by atoms with Gasteiger partial charge in [-0.05, 0) is 26.0 Å². The van der Waals surface area contributed by atoms with Gasteiger partial charge in [0.2, 0.25) is 10.0 Å². The highest BCUT2D eigenvalue weighted by atomic mass is 32.2. The number of nitrogens with one attached hydrogen (secondary N) is 1. The Morgan fingerprint density at radius 1 is 1.21 bits per heavy atom. The molecule has 0 fully saturated rings. The Morgan fingerprint density at radius 2 is 1.63 bits per heavy atom. The van der Waals surface area contributed by atoms with Crippen LogP contribution in [-0.4, -0.2) is 25.0 Å². The zero-order valence-corrected chi connectivity index (χ0v) is 10.7. The molecule has 0 unspecified atom stereocenters. The predicted octanol–water partition coefficient (Wildman–Crippen LogP) is 1.25. The second-order valence-electron chi connectivity index (χ2n) is 4.24. The van der Waals surface area contributed by atoms with Gasteiger partial charge in [-0.1, -0.05) is 0 Å². The zero-order valence-electron chi connectivity index (χ0n) is 9.87. The number of aliphatic carboxylic acids is 1. The van der Waals surface area contributed by atoms with Crippen molar-refractivity contribution in [3.63, 3.8) is 0 Å². The Kier molecular flexibility index (Phi) is 3.92. The maximum Gasteiger partial charge on any atom is 0.324 e. The molecule has 0 saturated heterocycles. The number of rotatable bonds is 4. The fraction of sp³-hybridized carbons (Fsp3) is 0.300. The highest BCUT2D eigenvalue weighted by Crippen LogP contribution is 2.19. The summed E-state index contributed by atoms with van der Waals surface area (Å²) in [4.78, 5) is 9.88. The number of carboxylic acids is 1. The van der Waals surface area contributed by atoms with Gasteiger partial charge in [0.1, 0.15) is 5.54 Å². The molecule has 0 bridgehead atoms. The number of sulfonamides is 1. The third-order valence-corrected chi connectivity index (χ3v) is 3.83. The summed E-state index contributed by atoms with van der Waals surface area (Å²) < 4.78 is 63.8. The van der Waals surface area contributed by atoms with Gasteiger partial charge < -0.3 is 5.11 Å². The Labute approximate surface area is 107 Å². The topological polar surface area (TPSA) is 83.5 Å². The molecule has 9 heteroatoms. The van der Waals surface area contributed by atoms with Crippen LogP contribution in [0.4, 0.5) is 13.2 Å². The predicted molar refractivity (Wildman–Crippen MR) is 58.4 cm³/mol. The smallest absolute Gasteiger partial charge is 0.324 e. The lowest BCUT2D eigenvalue weighted by atomic mass is 10.1. The molecule has 1 aromatic carbocycles. The van der Waals surface area contributed by atoms with E-state index in [2.05, 4.69) is 0 Å². The van der Waals surface area contributed by atoms with E-state index in [1.165, 1.54) is 0 Å². The fourth-order valence-corrected chi connectivity index (χ4v) is 2.52. The number of halogens is 3. The quantitative estimate of drug-likeness (QED) is 0.819. The van der Waals surface area contributed by atoms with Gasteiger partial charge in [0.05, 0.1) is 4.90 Å². The molecule has 0 spiro atoms. The first-order chi connectivity index (χ1) is 8.47. The van der Waals surface area contributed by atoms with Crippen LogP contribution in [0.1, 0.15) is 13.8 Å². The lowest BCUT2D eigenvalue weighted by molar-refractivity contribution is -0.142. The summed E-state index contributed by atoms with van der Waals surface area (Å²) in [6.07, 6.45) is 0. The molecule has 0 radical (unpaired) electrons. The van der Waals surface area contributed by atoms with Gasteiger partial charge >= 0.3 is 5.97 Å². The molecule has 1 aromatic rings. The number of carbonyl (C=O) groups is 1. The van der Waals surface area contributed by atoms with E-state index in [1.54, 1.807) is 4.72 Å². The largest absolute Gasteiger partial charge is 0.480 e. The van der Waals surface area contributed by atoms with Crippen LogP contribution >= 0.6 is 0 Å². The minimum absolute atomic E-state index is 0.263. The van der Waals surface area contributed by atoms with Gasteiger partial charge in [-0.25, -0.2) is 21.6 Å². The Bertz CT molecular complexity index is 605. The van der Waals surface area contributed by atoms with Crippen LogP contribution in [0.25, 0.3) is 0 Å². The van der Waals surface area contributed by atoms with E-state index in [1.807, 2.05) is 0 Å². The van der Waals surface area contributed by atoms with Crippen LogP contribution in [0.5, 0.6) is 0 Å². The molecular weight excluding hydrogens is 287 g/mol. The molecule has 0 amide bonds. The van der Waals surface area contributed by atoms with Gasteiger partial charge in [-0.2, -0.15) is 4.72 Å². The maximum atomic E-state index is 12.9. The normalized spacial score (nSPS) is 12.5. The van der Waals surface area contributed by atoms with E-state index in [9.17, 15) is 26.4 Å². The summed E-state index contributed by atoms with van der Waals surface area (Å²) >= 11 is 0. The van der Waals surface area contributed by atoms with E-state index >= 15 is 0 Å². The molecular formula is C10H10F3NO4S. The molecule has 106 valence electrons. The van der Waals surface area contributed by atoms with E-state index < -0.39 is 43.9 Å². The summed E-state index contributed by atoms with van der Waals surface area (Å²) in [5.74, 6) is -6.67. The van der Waals surface area contributed by atoms with Gasteiger partial charge in [0.15, 0.2) is 17.5 Å². The number of hydrogen-bond acceptors (Lipinski definition) is 3. The average molecular weight is 297 g/mol. The highest BCUT2D eigenvalue weighted by Gasteiger charge is 2.33. The monoisotopic (exact) mass is 297 g/mol. The van der Waals surface area contributed by atoms with Gasteiger partial charge in [0, 0.05) is 0 Å². The average Bonchev–Trinajstić information content (AvgIpc) is 2.23. The number of carboxylic acid groups (broad SMARTS) is 1. The molecule has 5 nitrogen and oxygen atoms in total. The first-order valence-electron chi connectivity index (χ1n) is 4.89. The summed E-state index contributed by atoms with van der Waals surface area (Å²) in [6, 6.07) is 0.525. The van der Waals surface area contributed by atoms with Crippen molar-refractivity contribution in [3.05, 3.63) is 29.6 Å². The van der Waals surface area contributed by atoms with Crippen molar-refractivity contribution >= 4 is 16.0 Å². The number of benzene rings is 1. The van der Waals surface area contributed by atoms with Crippen LogP contribution < -0.4 is 4.72 Å². The summed E-state index contributed by atoms with van der Waals surface area (Å²) in [6.45, 7) is 2.09. The summed E-state index contributed by atoms with van der Waals surface area (Å²) in [5, 5.41) is 8.77. The highest BCUT2D eigenvalue weighted by molar-refractivity contribution is 7.89. The van der Waals surface area contributed by atoms with Crippen molar-refractivity contribution in [2.45, 2.75) is 24.3 Å².